The van der Waals surface area contributed by atoms with E-state index in [9.17, 15) is 9.59 Å². The van der Waals surface area contributed by atoms with E-state index in [-0.39, 0.29) is 17.5 Å². The minimum Gasteiger partial charge on any atom is -0.367 e. The van der Waals surface area contributed by atoms with Gasteiger partial charge in [0.1, 0.15) is 5.82 Å². The van der Waals surface area contributed by atoms with Crippen molar-refractivity contribution in [3.05, 3.63) is 45.1 Å². The van der Waals surface area contributed by atoms with Crippen molar-refractivity contribution in [2.24, 2.45) is 5.73 Å². The third-order valence-electron chi connectivity index (χ3n) is 5.82. The van der Waals surface area contributed by atoms with Gasteiger partial charge in [0.15, 0.2) is 0 Å². The van der Waals surface area contributed by atoms with Gasteiger partial charge in [0.25, 0.3) is 0 Å². The molecule has 5 nitrogen and oxygen atoms in total. The van der Waals surface area contributed by atoms with Gasteiger partial charge in [-0.25, -0.2) is 4.39 Å². The highest BCUT2D eigenvalue weighted by molar-refractivity contribution is 8.02. The van der Waals surface area contributed by atoms with Crippen molar-refractivity contribution in [1.82, 2.24) is 5.32 Å². The lowest BCUT2D eigenvalue weighted by Gasteiger charge is -2.36. The molecule has 2 amide bonds. The molecular weight excluding hydrogens is 389 g/mol. The Hall–Kier alpha value is -2.28. The van der Waals surface area contributed by atoms with Crippen LogP contribution in [0, 0.1) is 5.82 Å². The Morgan fingerprint density at radius 1 is 1.38 bits per heavy atom. The first kappa shape index (κ1) is 21.4. The molecule has 0 unspecified atom stereocenters. The minimum atomic E-state index is -0.603. The molecule has 1 aromatic carbocycles. The van der Waals surface area contributed by atoms with Crippen molar-refractivity contribution >= 4 is 34.8 Å². The molecule has 3 N–H and O–H groups in total. The molecule has 0 saturated carbocycles. The van der Waals surface area contributed by atoms with Gasteiger partial charge in [0.05, 0.1) is 5.69 Å². The van der Waals surface area contributed by atoms with Gasteiger partial charge < -0.3 is 16.0 Å². The quantitative estimate of drug-likeness (QED) is 0.718. The second kappa shape index (κ2) is 8.61. The van der Waals surface area contributed by atoms with Crippen LogP contribution in [0.3, 0.4) is 0 Å². The molecular formula is C22H28FN3O2S. The van der Waals surface area contributed by atoms with E-state index < -0.39 is 11.7 Å². The smallest absolute Gasteiger partial charge is 0.249 e. The largest absolute Gasteiger partial charge is 0.367 e. The van der Waals surface area contributed by atoms with Crippen LogP contribution in [0.4, 0.5) is 10.1 Å². The Balaban J connectivity index is 1.92. The molecule has 1 atom stereocenters. The zero-order valence-electron chi connectivity index (χ0n) is 17.4. The SMILES string of the molecule is CSC(C)=CC(=O)N[C@H]1CCCN(c2c(F)cc(C(N)=O)c3c2C(C)=C(C)C3)C1. The van der Waals surface area contributed by atoms with Gasteiger partial charge in [-0.1, -0.05) is 5.57 Å². The second-order valence-corrected chi connectivity index (χ2v) is 8.86. The number of hydrogen-bond donors (Lipinski definition) is 2. The number of nitrogens with zero attached hydrogens (tertiary/aromatic N) is 1. The highest BCUT2D eigenvalue weighted by atomic mass is 32.2. The lowest BCUT2D eigenvalue weighted by molar-refractivity contribution is -0.117. The molecule has 0 radical (unpaired) electrons. The molecule has 1 aliphatic carbocycles. The Morgan fingerprint density at radius 2 is 2.10 bits per heavy atom. The molecule has 2 aliphatic rings. The molecule has 1 heterocycles. The average Bonchev–Trinajstić information content (AvgIpc) is 2.95. The predicted molar refractivity (Wildman–Crippen MR) is 118 cm³/mol. The summed E-state index contributed by atoms with van der Waals surface area (Å²) >= 11 is 1.53. The molecule has 156 valence electrons. The number of thioether (sulfide) groups is 1. The molecule has 3 rings (SSSR count). The summed E-state index contributed by atoms with van der Waals surface area (Å²) in [6, 6.07) is 1.22. The van der Waals surface area contributed by atoms with Crippen LogP contribution in [-0.2, 0) is 11.2 Å². The number of carbonyl (C=O) groups excluding carboxylic acids is 2. The number of halogens is 1. The highest BCUT2D eigenvalue weighted by Gasteiger charge is 2.31. The third-order valence-corrected chi connectivity index (χ3v) is 6.59. The number of hydrogen-bond acceptors (Lipinski definition) is 4. The summed E-state index contributed by atoms with van der Waals surface area (Å²) < 4.78 is 15.2. The Bertz CT molecular complexity index is 923. The summed E-state index contributed by atoms with van der Waals surface area (Å²) in [5.74, 6) is -1.16. The first-order valence-corrected chi connectivity index (χ1v) is 11.0. The van der Waals surface area contributed by atoms with E-state index in [1.165, 1.54) is 17.8 Å². The van der Waals surface area contributed by atoms with Crippen LogP contribution in [0.5, 0.6) is 0 Å². The van der Waals surface area contributed by atoms with Crippen LogP contribution >= 0.6 is 11.8 Å². The number of carbonyl (C=O) groups is 2. The van der Waals surface area contributed by atoms with Crippen molar-refractivity contribution < 1.29 is 14.0 Å². The van der Waals surface area contributed by atoms with E-state index in [0.29, 0.717) is 25.2 Å². The lowest BCUT2D eigenvalue weighted by atomic mass is 9.95. The number of allylic oxidation sites excluding steroid dienone is 3. The molecule has 29 heavy (non-hydrogen) atoms. The van der Waals surface area contributed by atoms with Crippen molar-refractivity contribution in [3.63, 3.8) is 0 Å². The second-order valence-electron chi connectivity index (χ2n) is 7.81. The number of fused-ring (bicyclic) bond motifs is 1. The molecule has 0 aromatic heterocycles. The van der Waals surface area contributed by atoms with Crippen LogP contribution < -0.4 is 16.0 Å². The minimum absolute atomic E-state index is 0.0557. The first-order chi connectivity index (χ1) is 13.7. The van der Waals surface area contributed by atoms with Crippen LogP contribution in [0.1, 0.15) is 55.1 Å². The fourth-order valence-electron chi connectivity index (χ4n) is 4.19. The fraction of sp³-hybridized carbons (Fsp3) is 0.455. The summed E-state index contributed by atoms with van der Waals surface area (Å²) in [6.07, 6.45) is 5.84. The van der Waals surface area contributed by atoms with Crippen LogP contribution in [0.2, 0.25) is 0 Å². The Kier molecular flexibility index (Phi) is 6.36. The topological polar surface area (TPSA) is 75.4 Å². The molecule has 1 saturated heterocycles. The van der Waals surface area contributed by atoms with E-state index in [1.54, 1.807) is 6.08 Å². The number of anilines is 1. The van der Waals surface area contributed by atoms with Crippen LogP contribution in [0.15, 0.2) is 22.6 Å². The van der Waals surface area contributed by atoms with Crippen LogP contribution in [0.25, 0.3) is 5.57 Å². The predicted octanol–water partition coefficient (Wildman–Crippen LogP) is 3.63. The maximum atomic E-state index is 15.2. The highest BCUT2D eigenvalue weighted by Crippen LogP contribution is 2.43. The Labute approximate surface area is 175 Å². The number of nitrogens with one attached hydrogen (secondary N) is 1. The van der Waals surface area contributed by atoms with E-state index in [2.05, 4.69) is 5.32 Å². The van der Waals surface area contributed by atoms with Gasteiger partial charge in [-0.2, -0.15) is 0 Å². The van der Waals surface area contributed by atoms with E-state index in [1.807, 2.05) is 31.9 Å². The molecule has 7 heteroatoms. The maximum absolute atomic E-state index is 15.2. The van der Waals surface area contributed by atoms with Gasteiger partial charge in [-0.3, -0.25) is 9.59 Å². The molecule has 1 aliphatic heterocycles. The van der Waals surface area contributed by atoms with Gasteiger partial charge in [0, 0.05) is 36.3 Å². The summed E-state index contributed by atoms with van der Waals surface area (Å²) in [6.45, 7) is 7.10. The van der Waals surface area contributed by atoms with Crippen molar-refractivity contribution in [1.29, 1.82) is 0 Å². The van der Waals surface area contributed by atoms with Gasteiger partial charge in [-0.05, 0) is 68.4 Å². The van der Waals surface area contributed by atoms with Crippen molar-refractivity contribution in [2.45, 2.75) is 46.1 Å². The number of nitrogens with two attached hydrogens (primary N) is 1. The summed E-state index contributed by atoms with van der Waals surface area (Å²) in [4.78, 5) is 27.1. The normalized spacial score (nSPS) is 19.4. The van der Waals surface area contributed by atoms with Gasteiger partial charge in [-0.15, -0.1) is 11.8 Å². The number of benzene rings is 1. The maximum Gasteiger partial charge on any atom is 0.249 e. The zero-order valence-corrected chi connectivity index (χ0v) is 18.2. The molecule has 1 fully saturated rings. The average molecular weight is 418 g/mol. The number of amides is 2. The zero-order chi connectivity index (χ0) is 21.3. The first-order valence-electron chi connectivity index (χ1n) is 9.82. The molecule has 0 spiro atoms. The van der Waals surface area contributed by atoms with Gasteiger partial charge >= 0.3 is 0 Å². The van der Waals surface area contributed by atoms with E-state index in [0.717, 1.165) is 40.0 Å². The molecule has 1 aromatic rings. The monoisotopic (exact) mass is 417 g/mol. The van der Waals surface area contributed by atoms with Crippen LogP contribution in [-0.4, -0.2) is 37.2 Å². The Morgan fingerprint density at radius 3 is 2.76 bits per heavy atom. The molecule has 0 bridgehead atoms. The summed E-state index contributed by atoms with van der Waals surface area (Å²) in [5, 5.41) is 3.04. The summed E-state index contributed by atoms with van der Waals surface area (Å²) in [7, 11) is 0. The lowest BCUT2D eigenvalue weighted by Crippen LogP contribution is -2.48. The summed E-state index contributed by atoms with van der Waals surface area (Å²) in [5.41, 5.74) is 10.0. The third kappa shape index (κ3) is 4.34. The number of primary amides is 1. The van der Waals surface area contributed by atoms with Crippen molar-refractivity contribution in [2.75, 3.05) is 24.2 Å². The van der Waals surface area contributed by atoms with Crippen molar-refractivity contribution in [3.8, 4) is 0 Å². The standard InChI is InChI=1S/C22H28FN3O2S/c1-12-8-16-17(22(24)28)10-18(23)21(20(16)14(12)3)26-7-5-6-15(11-26)25-19(27)9-13(2)29-4/h9-10,15H,5-8,11H2,1-4H3,(H2,24,28)(H,25,27)/t15-/m0/s1. The number of rotatable bonds is 5. The number of piperidine rings is 1. The van der Waals surface area contributed by atoms with E-state index >= 15 is 4.39 Å². The fourth-order valence-corrected chi connectivity index (χ4v) is 4.42. The van der Waals surface area contributed by atoms with E-state index in [4.69, 9.17) is 5.73 Å². The van der Waals surface area contributed by atoms with Gasteiger partial charge in [0.2, 0.25) is 11.8 Å².